The normalized spacial score (nSPS) is 10.2. The Bertz CT molecular complexity index is 553. The summed E-state index contributed by atoms with van der Waals surface area (Å²) in [6, 6.07) is 6.99. The highest BCUT2D eigenvalue weighted by Gasteiger charge is 2.09. The van der Waals surface area contributed by atoms with Crippen molar-refractivity contribution >= 4 is 0 Å². The van der Waals surface area contributed by atoms with E-state index in [0.717, 1.165) is 11.1 Å². The molecule has 0 aliphatic carbocycles. The van der Waals surface area contributed by atoms with Crippen molar-refractivity contribution in [3.63, 3.8) is 0 Å². The SMILES string of the molecule is CCc1cc(Cn2cccn2)cc(F)c1C#N. The Morgan fingerprint density at radius 2 is 2.29 bits per heavy atom. The second-order valence-corrected chi connectivity index (χ2v) is 3.78. The Hall–Kier alpha value is -2.15. The number of rotatable bonds is 3. The molecule has 2 aromatic rings. The number of nitrogens with zero attached hydrogens (tertiary/aromatic N) is 3. The van der Waals surface area contributed by atoms with Gasteiger partial charge in [-0.2, -0.15) is 10.4 Å². The van der Waals surface area contributed by atoms with Gasteiger partial charge in [-0.15, -0.1) is 0 Å². The molecule has 1 aromatic heterocycles. The molecule has 4 heteroatoms. The summed E-state index contributed by atoms with van der Waals surface area (Å²) in [6.07, 6.45) is 4.15. The van der Waals surface area contributed by atoms with Crippen LogP contribution >= 0.6 is 0 Å². The second kappa shape index (κ2) is 4.79. The Labute approximate surface area is 99.1 Å². The highest BCUT2D eigenvalue weighted by atomic mass is 19.1. The van der Waals surface area contributed by atoms with Crippen molar-refractivity contribution < 1.29 is 4.39 Å². The molecule has 0 fully saturated rings. The fraction of sp³-hybridized carbons (Fsp3) is 0.231. The van der Waals surface area contributed by atoms with Gasteiger partial charge in [-0.05, 0) is 29.7 Å². The van der Waals surface area contributed by atoms with Gasteiger partial charge in [-0.25, -0.2) is 4.39 Å². The van der Waals surface area contributed by atoms with Crippen LogP contribution in [0.5, 0.6) is 0 Å². The summed E-state index contributed by atoms with van der Waals surface area (Å²) >= 11 is 0. The summed E-state index contributed by atoms with van der Waals surface area (Å²) in [6.45, 7) is 2.43. The van der Waals surface area contributed by atoms with E-state index in [1.165, 1.54) is 6.07 Å². The minimum atomic E-state index is -0.450. The molecule has 0 aliphatic rings. The number of hydrogen-bond acceptors (Lipinski definition) is 2. The van der Waals surface area contributed by atoms with Crippen LogP contribution in [-0.4, -0.2) is 9.78 Å². The van der Waals surface area contributed by atoms with E-state index < -0.39 is 5.82 Å². The van der Waals surface area contributed by atoms with Gasteiger partial charge in [0, 0.05) is 12.4 Å². The number of hydrogen-bond donors (Lipinski definition) is 0. The molecule has 0 saturated heterocycles. The predicted octanol–water partition coefficient (Wildman–Crippen LogP) is 2.50. The molecule has 2 rings (SSSR count). The Morgan fingerprint density at radius 1 is 1.47 bits per heavy atom. The molecular weight excluding hydrogens is 217 g/mol. The molecule has 0 amide bonds. The first kappa shape index (κ1) is 11.3. The molecule has 0 atom stereocenters. The van der Waals surface area contributed by atoms with E-state index in [1.807, 2.05) is 31.3 Å². The number of halogens is 1. The molecular formula is C13H12FN3. The van der Waals surface area contributed by atoms with Crippen LogP contribution in [-0.2, 0) is 13.0 Å². The van der Waals surface area contributed by atoms with Gasteiger partial charge in [0.1, 0.15) is 11.9 Å². The van der Waals surface area contributed by atoms with Crippen LogP contribution < -0.4 is 0 Å². The lowest BCUT2D eigenvalue weighted by molar-refractivity contribution is 0.613. The van der Waals surface area contributed by atoms with E-state index in [1.54, 1.807) is 10.9 Å². The van der Waals surface area contributed by atoms with E-state index in [0.29, 0.717) is 13.0 Å². The smallest absolute Gasteiger partial charge is 0.141 e. The van der Waals surface area contributed by atoms with Crippen molar-refractivity contribution in [1.82, 2.24) is 9.78 Å². The Kier molecular flexibility index (Phi) is 3.20. The lowest BCUT2D eigenvalue weighted by Gasteiger charge is -2.07. The van der Waals surface area contributed by atoms with Crippen LogP contribution in [0.1, 0.15) is 23.6 Å². The van der Waals surface area contributed by atoms with Gasteiger partial charge in [-0.3, -0.25) is 4.68 Å². The molecule has 0 radical (unpaired) electrons. The average molecular weight is 229 g/mol. The first-order valence-corrected chi connectivity index (χ1v) is 5.43. The molecule has 0 aliphatic heterocycles. The molecule has 0 N–H and O–H groups in total. The second-order valence-electron chi connectivity index (χ2n) is 3.78. The summed E-state index contributed by atoms with van der Waals surface area (Å²) in [4.78, 5) is 0. The van der Waals surface area contributed by atoms with Gasteiger partial charge in [-0.1, -0.05) is 13.0 Å². The topological polar surface area (TPSA) is 41.6 Å². The van der Waals surface area contributed by atoms with Crippen molar-refractivity contribution in [3.05, 3.63) is 53.1 Å². The highest BCUT2D eigenvalue weighted by molar-refractivity contribution is 5.41. The Balaban J connectivity index is 2.37. The zero-order chi connectivity index (χ0) is 12.3. The molecule has 1 aromatic carbocycles. The van der Waals surface area contributed by atoms with Crippen LogP contribution in [0.3, 0.4) is 0 Å². The molecule has 0 unspecified atom stereocenters. The fourth-order valence-corrected chi connectivity index (χ4v) is 1.80. The van der Waals surface area contributed by atoms with Crippen molar-refractivity contribution in [2.24, 2.45) is 0 Å². The van der Waals surface area contributed by atoms with Gasteiger partial charge < -0.3 is 0 Å². The van der Waals surface area contributed by atoms with E-state index in [9.17, 15) is 4.39 Å². The monoisotopic (exact) mass is 229 g/mol. The highest BCUT2D eigenvalue weighted by Crippen LogP contribution is 2.17. The summed E-state index contributed by atoms with van der Waals surface area (Å²) in [5, 5.41) is 12.9. The molecule has 1 heterocycles. The minimum absolute atomic E-state index is 0.150. The van der Waals surface area contributed by atoms with Gasteiger partial charge >= 0.3 is 0 Å². The zero-order valence-corrected chi connectivity index (χ0v) is 9.52. The van der Waals surface area contributed by atoms with Crippen LogP contribution in [0, 0.1) is 17.1 Å². The summed E-state index contributed by atoms with van der Waals surface area (Å²) in [7, 11) is 0. The first-order valence-electron chi connectivity index (χ1n) is 5.43. The van der Waals surface area contributed by atoms with Crippen LogP contribution in [0.25, 0.3) is 0 Å². The largest absolute Gasteiger partial charge is 0.268 e. The van der Waals surface area contributed by atoms with Gasteiger partial charge in [0.15, 0.2) is 0 Å². The summed E-state index contributed by atoms with van der Waals surface area (Å²) in [5.74, 6) is -0.450. The van der Waals surface area contributed by atoms with E-state index in [-0.39, 0.29) is 5.56 Å². The van der Waals surface area contributed by atoms with E-state index >= 15 is 0 Å². The van der Waals surface area contributed by atoms with Crippen molar-refractivity contribution in [2.45, 2.75) is 19.9 Å². The number of benzene rings is 1. The van der Waals surface area contributed by atoms with Gasteiger partial charge in [0.25, 0.3) is 0 Å². The molecule has 17 heavy (non-hydrogen) atoms. The van der Waals surface area contributed by atoms with Crippen LogP contribution in [0.2, 0.25) is 0 Å². The molecule has 86 valence electrons. The summed E-state index contributed by atoms with van der Waals surface area (Å²) < 4.78 is 15.4. The molecule has 3 nitrogen and oxygen atoms in total. The summed E-state index contributed by atoms with van der Waals surface area (Å²) in [5.41, 5.74) is 1.72. The third-order valence-electron chi connectivity index (χ3n) is 2.63. The van der Waals surface area contributed by atoms with E-state index in [4.69, 9.17) is 5.26 Å². The van der Waals surface area contributed by atoms with Gasteiger partial charge in [0.05, 0.1) is 12.1 Å². The fourth-order valence-electron chi connectivity index (χ4n) is 1.80. The molecule has 0 bridgehead atoms. The number of aryl methyl sites for hydroxylation is 1. The van der Waals surface area contributed by atoms with Crippen LogP contribution in [0.15, 0.2) is 30.6 Å². The third-order valence-corrected chi connectivity index (χ3v) is 2.63. The lowest BCUT2D eigenvalue weighted by atomic mass is 10.0. The minimum Gasteiger partial charge on any atom is -0.268 e. The van der Waals surface area contributed by atoms with Crippen LogP contribution in [0.4, 0.5) is 4.39 Å². The third kappa shape index (κ3) is 2.34. The molecule has 0 spiro atoms. The standard InChI is InChI=1S/C13H12FN3/c1-2-11-6-10(7-13(14)12(11)8-15)9-17-5-3-4-16-17/h3-7H,2,9H2,1H3. The van der Waals surface area contributed by atoms with Gasteiger partial charge in [0.2, 0.25) is 0 Å². The maximum Gasteiger partial charge on any atom is 0.141 e. The average Bonchev–Trinajstić information content (AvgIpc) is 2.81. The predicted molar refractivity (Wildman–Crippen MR) is 61.8 cm³/mol. The van der Waals surface area contributed by atoms with Crippen molar-refractivity contribution in [1.29, 1.82) is 5.26 Å². The quantitative estimate of drug-likeness (QED) is 0.811. The number of nitriles is 1. The maximum atomic E-state index is 13.7. The first-order chi connectivity index (χ1) is 8.24. The van der Waals surface area contributed by atoms with E-state index in [2.05, 4.69) is 5.10 Å². The van der Waals surface area contributed by atoms with Crippen molar-refractivity contribution in [3.8, 4) is 6.07 Å². The zero-order valence-electron chi connectivity index (χ0n) is 9.52. The number of aromatic nitrogens is 2. The maximum absolute atomic E-state index is 13.7. The lowest BCUT2D eigenvalue weighted by Crippen LogP contribution is -2.03. The molecule has 0 saturated carbocycles. The Morgan fingerprint density at radius 3 is 2.88 bits per heavy atom. The van der Waals surface area contributed by atoms with Crippen molar-refractivity contribution in [2.75, 3.05) is 0 Å².